The van der Waals surface area contributed by atoms with Crippen LogP contribution in [0.2, 0.25) is 10.0 Å². The van der Waals surface area contributed by atoms with Crippen LogP contribution in [0.5, 0.6) is 0 Å². The van der Waals surface area contributed by atoms with E-state index in [2.05, 4.69) is 10.6 Å². The lowest BCUT2D eigenvalue weighted by atomic mass is 9.74. The van der Waals surface area contributed by atoms with E-state index in [0.29, 0.717) is 15.6 Å². The third kappa shape index (κ3) is 1.64. The van der Waals surface area contributed by atoms with Crippen molar-refractivity contribution >= 4 is 34.6 Å². The van der Waals surface area contributed by atoms with Crippen molar-refractivity contribution < 1.29 is 0 Å². The summed E-state index contributed by atoms with van der Waals surface area (Å²) in [4.78, 5) is 0. The highest BCUT2D eigenvalue weighted by Crippen LogP contribution is 2.43. The summed E-state index contributed by atoms with van der Waals surface area (Å²) < 4.78 is 0. The van der Waals surface area contributed by atoms with E-state index in [1.54, 1.807) is 0 Å². The molecule has 2 aliphatic rings. The Morgan fingerprint density at radius 3 is 2.31 bits per heavy atom. The van der Waals surface area contributed by atoms with Gasteiger partial charge in [0.2, 0.25) is 0 Å². The van der Waals surface area contributed by atoms with E-state index in [1.807, 2.05) is 12.1 Å². The van der Waals surface area contributed by atoms with Gasteiger partial charge in [0, 0.05) is 12.1 Å². The molecule has 2 N–H and O–H groups in total. The first kappa shape index (κ1) is 10.5. The fraction of sp³-hybridized carbons (Fsp3) is 0.500. The molecule has 3 rings (SSSR count). The third-order valence-corrected chi connectivity index (χ3v) is 4.41. The predicted molar refractivity (Wildman–Crippen MR) is 69.8 cm³/mol. The van der Waals surface area contributed by atoms with Gasteiger partial charge >= 0.3 is 0 Å². The summed E-state index contributed by atoms with van der Waals surface area (Å²) >= 11 is 12.1. The molecule has 1 aliphatic carbocycles. The van der Waals surface area contributed by atoms with Gasteiger partial charge in [0.05, 0.1) is 21.4 Å². The van der Waals surface area contributed by atoms with Crippen molar-refractivity contribution in [2.75, 3.05) is 17.2 Å². The van der Waals surface area contributed by atoms with Crippen molar-refractivity contribution in [3.8, 4) is 0 Å². The maximum Gasteiger partial charge on any atom is 0.0614 e. The van der Waals surface area contributed by atoms with E-state index < -0.39 is 0 Å². The first-order valence-corrected chi connectivity index (χ1v) is 6.45. The zero-order valence-corrected chi connectivity index (χ0v) is 10.5. The van der Waals surface area contributed by atoms with Crippen LogP contribution in [0, 0.1) is 0 Å². The van der Waals surface area contributed by atoms with Gasteiger partial charge < -0.3 is 10.6 Å². The van der Waals surface area contributed by atoms with Gasteiger partial charge in [-0.3, -0.25) is 0 Å². The van der Waals surface area contributed by atoms with Crippen LogP contribution >= 0.6 is 23.2 Å². The summed E-state index contributed by atoms with van der Waals surface area (Å²) in [6.07, 6.45) is 5.00. The monoisotopic (exact) mass is 256 g/mol. The largest absolute Gasteiger partial charge is 0.383 e. The van der Waals surface area contributed by atoms with Gasteiger partial charge in [-0.15, -0.1) is 0 Å². The third-order valence-electron chi connectivity index (χ3n) is 3.69. The first-order valence-electron chi connectivity index (χ1n) is 5.70. The smallest absolute Gasteiger partial charge is 0.0614 e. The fourth-order valence-corrected chi connectivity index (χ4v) is 2.89. The van der Waals surface area contributed by atoms with Crippen molar-refractivity contribution in [2.45, 2.75) is 31.2 Å². The molecule has 1 aliphatic heterocycles. The molecular weight excluding hydrogens is 243 g/mol. The van der Waals surface area contributed by atoms with Gasteiger partial charge in [-0.1, -0.05) is 23.2 Å². The fourth-order valence-electron chi connectivity index (χ4n) is 2.56. The predicted octanol–water partition coefficient (Wildman–Crippen LogP) is 4.14. The summed E-state index contributed by atoms with van der Waals surface area (Å²) in [6, 6.07) is 3.83. The van der Waals surface area contributed by atoms with Crippen LogP contribution in [0.3, 0.4) is 0 Å². The average Bonchev–Trinajstić information content (AvgIpc) is 2.38. The van der Waals surface area contributed by atoms with Crippen molar-refractivity contribution in [1.29, 1.82) is 0 Å². The number of benzene rings is 1. The van der Waals surface area contributed by atoms with Gasteiger partial charge in [-0.2, -0.15) is 0 Å². The molecule has 4 heteroatoms. The van der Waals surface area contributed by atoms with Crippen LogP contribution in [0.25, 0.3) is 0 Å². The maximum absolute atomic E-state index is 6.05. The quantitative estimate of drug-likeness (QED) is 0.729. The number of hydrogen-bond donors (Lipinski definition) is 2. The zero-order valence-electron chi connectivity index (χ0n) is 8.95. The van der Waals surface area contributed by atoms with Gasteiger partial charge in [0.1, 0.15) is 0 Å². The maximum atomic E-state index is 6.05. The van der Waals surface area contributed by atoms with Crippen LogP contribution in [0.4, 0.5) is 11.4 Å². The molecule has 0 atom stereocenters. The lowest BCUT2D eigenvalue weighted by molar-refractivity contribution is 0.268. The van der Waals surface area contributed by atoms with E-state index in [1.165, 1.54) is 19.3 Å². The summed E-state index contributed by atoms with van der Waals surface area (Å²) in [6.45, 7) is 0.998. The van der Waals surface area contributed by atoms with E-state index >= 15 is 0 Å². The molecule has 0 amide bonds. The Kier molecular flexibility index (Phi) is 2.45. The lowest BCUT2D eigenvalue weighted by Gasteiger charge is -2.42. The van der Waals surface area contributed by atoms with E-state index in [0.717, 1.165) is 24.3 Å². The second-order valence-electron chi connectivity index (χ2n) is 4.75. The number of hydrogen-bond acceptors (Lipinski definition) is 2. The Labute approximate surface area is 105 Å². The number of halogens is 2. The minimum atomic E-state index is 0.301. The van der Waals surface area contributed by atoms with Crippen molar-refractivity contribution in [3.63, 3.8) is 0 Å². The summed E-state index contributed by atoms with van der Waals surface area (Å²) in [7, 11) is 0. The van der Waals surface area contributed by atoms with E-state index in [4.69, 9.17) is 23.2 Å². The minimum absolute atomic E-state index is 0.301. The highest BCUT2D eigenvalue weighted by Gasteiger charge is 2.38. The second-order valence-corrected chi connectivity index (χ2v) is 5.56. The van der Waals surface area contributed by atoms with Gasteiger partial charge in [0.25, 0.3) is 0 Å². The van der Waals surface area contributed by atoms with Crippen LogP contribution in [-0.4, -0.2) is 12.1 Å². The normalized spacial score (nSPS) is 21.4. The van der Waals surface area contributed by atoms with E-state index in [-0.39, 0.29) is 0 Å². The molecule has 1 spiro atoms. The molecule has 0 aromatic heterocycles. The van der Waals surface area contributed by atoms with Crippen molar-refractivity contribution in [2.24, 2.45) is 0 Å². The SMILES string of the molecule is Clc1cc2c(cc1Cl)NC1(CCC1)CCN2. The zero-order chi connectivity index (χ0) is 11.2. The molecule has 86 valence electrons. The van der Waals surface area contributed by atoms with Gasteiger partial charge in [-0.25, -0.2) is 0 Å². The van der Waals surface area contributed by atoms with Crippen LogP contribution in [0.1, 0.15) is 25.7 Å². The number of nitrogens with one attached hydrogen (secondary N) is 2. The molecule has 1 aromatic rings. The Balaban J connectivity index is 1.99. The molecule has 0 radical (unpaired) electrons. The molecule has 0 saturated heterocycles. The van der Waals surface area contributed by atoms with Gasteiger partial charge in [-0.05, 0) is 37.8 Å². The molecule has 1 fully saturated rings. The van der Waals surface area contributed by atoms with Crippen molar-refractivity contribution in [3.05, 3.63) is 22.2 Å². The summed E-state index contributed by atoms with van der Waals surface area (Å²) in [5.74, 6) is 0. The number of fused-ring (bicyclic) bond motifs is 1. The lowest BCUT2D eigenvalue weighted by Crippen LogP contribution is -2.45. The highest BCUT2D eigenvalue weighted by atomic mass is 35.5. The second kappa shape index (κ2) is 3.71. The Bertz CT molecular complexity index is 427. The van der Waals surface area contributed by atoms with Gasteiger partial charge in [0.15, 0.2) is 0 Å². The number of rotatable bonds is 0. The molecule has 0 unspecified atom stereocenters. The summed E-state index contributed by atoms with van der Waals surface area (Å²) in [5.41, 5.74) is 2.46. The van der Waals surface area contributed by atoms with Crippen LogP contribution in [0.15, 0.2) is 12.1 Å². The number of anilines is 2. The first-order chi connectivity index (χ1) is 7.69. The van der Waals surface area contributed by atoms with Crippen molar-refractivity contribution in [1.82, 2.24) is 0 Å². The van der Waals surface area contributed by atoms with Crippen LogP contribution in [-0.2, 0) is 0 Å². The molecular formula is C12H14Cl2N2. The minimum Gasteiger partial charge on any atom is -0.383 e. The Morgan fingerprint density at radius 2 is 1.69 bits per heavy atom. The average molecular weight is 257 g/mol. The Hall–Kier alpha value is -0.600. The molecule has 16 heavy (non-hydrogen) atoms. The van der Waals surface area contributed by atoms with Crippen LogP contribution < -0.4 is 10.6 Å². The molecule has 1 heterocycles. The highest BCUT2D eigenvalue weighted by molar-refractivity contribution is 6.42. The Morgan fingerprint density at radius 1 is 1.00 bits per heavy atom. The molecule has 1 saturated carbocycles. The van der Waals surface area contributed by atoms with E-state index in [9.17, 15) is 0 Å². The molecule has 0 bridgehead atoms. The molecule has 2 nitrogen and oxygen atoms in total. The topological polar surface area (TPSA) is 24.1 Å². The standard InChI is InChI=1S/C12H14Cl2N2/c13-8-6-10-11(7-9(8)14)16-12(2-1-3-12)4-5-15-10/h6-7,15-16H,1-5H2. The summed E-state index contributed by atoms with van der Waals surface area (Å²) in [5, 5.41) is 8.27. The molecule has 1 aromatic carbocycles.